The first-order valence-corrected chi connectivity index (χ1v) is 11.9. The zero-order chi connectivity index (χ0) is 24.6. The molecule has 4 rings (SSSR count). The molecular formula is C28H31FN4O2. The minimum Gasteiger partial charge on any atom is -0.497 e. The van der Waals surface area contributed by atoms with E-state index < -0.39 is 0 Å². The maximum absolute atomic E-state index is 14.1. The molecule has 1 N–H and O–H groups in total. The van der Waals surface area contributed by atoms with Gasteiger partial charge in [-0.2, -0.15) is 0 Å². The Balaban J connectivity index is 1.50. The van der Waals surface area contributed by atoms with Crippen LogP contribution in [0, 0.1) is 5.82 Å². The Morgan fingerprint density at radius 3 is 2.43 bits per heavy atom. The number of nitrogens with zero attached hydrogens (tertiary/aromatic N) is 3. The molecule has 0 radical (unpaired) electrons. The Morgan fingerprint density at radius 2 is 1.74 bits per heavy atom. The average molecular weight is 475 g/mol. The minimum atomic E-state index is -0.230. The number of aliphatic imine (C=N–C) groups is 1. The summed E-state index contributed by atoms with van der Waals surface area (Å²) in [5, 5.41) is 3.02. The van der Waals surface area contributed by atoms with E-state index in [0.29, 0.717) is 42.5 Å². The van der Waals surface area contributed by atoms with Gasteiger partial charge in [0.1, 0.15) is 11.6 Å². The second-order valence-corrected chi connectivity index (χ2v) is 8.50. The van der Waals surface area contributed by atoms with Crippen LogP contribution >= 0.6 is 0 Å². The van der Waals surface area contributed by atoms with Crippen LogP contribution in [-0.4, -0.2) is 55.0 Å². The highest BCUT2D eigenvalue weighted by Crippen LogP contribution is 2.18. The molecule has 0 aromatic heterocycles. The van der Waals surface area contributed by atoms with Gasteiger partial charge in [0.2, 0.25) is 5.96 Å². The number of benzene rings is 3. The molecule has 1 amide bonds. The van der Waals surface area contributed by atoms with Crippen LogP contribution in [0.15, 0.2) is 77.8 Å². The molecule has 7 heteroatoms. The number of halogens is 1. The zero-order valence-corrected chi connectivity index (χ0v) is 20.2. The van der Waals surface area contributed by atoms with Gasteiger partial charge in [-0.15, -0.1) is 0 Å². The molecule has 0 aliphatic carbocycles. The second kappa shape index (κ2) is 11.6. The Labute approximate surface area is 206 Å². The SMILES string of the molecule is CCc1cccc(N=C(NC(=O)c2ccc(OC)cc2)N2CCN(Cc3ccccc3F)CC2)c1. The van der Waals surface area contributed by atoms with E-state index in [1.54, 1.807) is 37.4 Å². The number of piperazine rings is 1. The maximum Gasteiger partial charge on any atom is 0.257 e. The van der Waals surface area contributed by atoms with Crippen LogP contribution in [0.3, 0.4) is 0 Å². The largest absolute Gasteiger partial charge is 0.497 e. The number of hydrogen-bond donors (Lipinski definition) is 1. The average Bonchev–Trinajstić information content (AvgIpc) is 2.90. The van der Waals surface area contributed by atoms with Crippen molar-refractivity contribution < 1.29 is 13.9 Å². The molecule has 182 valence electrons. The molecule has 0 bridgehead atoms. The number of carbonyl (C=O) groups is 1. The molecule has 0 unspecified atom stereocenters. The summed E-state index contributed by atoms with van der Waals surface area (Å²) in [5.74, 6) is 0.800. The van der Waals surface area contributed by atoms with E-state index in [9.17, 15) is 9.18 Å². The molecule has 1 aliphatic rings. The third-order valence-corrected chi connectivity index (χ3v) is 6.15. The van der Waals surface area contributed by atoms with Crippen molar-refractivity contribution >= 4 is 17.6 Å². The molecule has 6 nitrogen and oxygen atoms in total. The highest BCUT2D eigenvalue weighted by Gasteiger charge is 2.22. The highest BCUT2D eigenvalue weighted by molar-refractivity contribution is 6.06. The molecule has 0 atom stereocenters. The smallest absolute Gasteiger partial charge is 0.257 e. The molecule has 3 aromatic carbocycles. The summed E-state index contributed by atoms with van der Waals surface area (Å²) in [5.41, 5.74) is 3.20. The van der Waals surface area contributed by atoms with E-state index in [2.05, 4.69) is 28.1 Å². The summed E-state index contributed by atoms with van der Waals surface area (Å²) in [6, 6.07) is 21.9. The van der Waals surface area contributed by atoms with Crippen molar-refractivity contribution in [3.05, 3.63) is 95.3 Å². The number of carbonyl (C=O) groups excluding carboxylic acids is 1. The predicted molar refractivity (Wildman–Crippen MR) is 137 cm³/mol. The fourth-order valence-corrected chi connectivity index (χ4v) is 4.05. The molecule has 1 fully saturated rings. The number of hydrogen-bond acceptors (Lipinski definition) is 4. The molecule has 1 heterocycles. The van der Waals surface area contributed by atoms with Gasteiger partial charge in [0.05, 0.1) is 12.8 Å². The quantitative estimate of drug-likeness (QED) is 0.418. The van der Waals surface area contributed by atoms with E-state index in [1.807, 2.05) is 30.3 Å². The lowest BCUT2D eigenvalue weighted by Crippen LogP contribution is -2.53. The first kappa shape index (κ1) is 24.4. The second-order valence-electron chi connectivity index (χ2n) is 8.50. The van der Waals surface area contributed by atoms with Crippen LogP contribution in [0.2, 0.25) is 0 Å². The molecule has 3 aromatic rings. The van der Waals surface area contributed by atoms with E-state index in [1.165, 1.54) is 11.6 Å². The predicted octanol–water partition coefficient (Wildman–Crippen LogP) is 4.63. The topological polar surface area (TPSA) is 57.2 Å². The van der Waals surface area contributed by atoms with Gasteiger partial charge in [0.25, 0.3) is 5.91 Å². The molecule has 1 aliphatic heterocycles. The number of rotatable bonds is 6. The standard InChI is InChI=1S/C28H31FN4O2/c1-3-21-7-6-9-24(19-21)30-28(31-27(34)22-11-13-25(35-2)14-12-22)33-17-15-32(16-18-33)20-23-8-4-5-10-26(23)29/h4-14,19H,3,15-18,20H2,1-2H3,(H,30,31,34). The van der Waals surface area contributed by atoms with Crippen LogP contribution in [0.25, 0.3) is 0 Å². The van der Waals surface area contributed by atoms with Crippen molar-refractivity contribution in [1.82, 2.24) is 15.1 Å². The summed E-state index contributed by atoms with van der Waals surface area (Å²) in [6.07, 6.45) is 0.908. The van der Waals surface area contributed by atoms with Crippen molar-refractivity contribution in [3.63, 3.8) is 0 Å². The number of guanidine groups is 1. The Kier molecular flexibility index (Phi) is 8.11. The van der Waals surface area contributed by atoms with Gasteiger partial charge in [-0.3, -0.25) is 15.0 Å². The Morgan fingerprint density at radius 1 is 1.00 bits per heavy atom. The minimum absolute atomic E-state index is 0.181. The lowest BCUT2D eigenvalue weighted by Gasteiger charge is -2.36. The van der Waals surface area contributed by atoms with E-state index in [4.69, 9.17) is 9.73 Å². The number of aryl methyl sites for hydroxylation is 1. The van der Waals surface area contributed by atoms with Gasteiger partial charge in [-0.25, -0.2) is 9.38 Å². The third kappa shape index (κ3) is 6.45. The summed E-state index contributed by atoms with van der Waals surface area (Å²) in [4.78, 5) is 22.2. The summed E-state index contributed by atoms with van der Waals surface area (Å²) < 4.78 is 19.3. The molecular weight excluding hydrogens is 443 g/mol. The lowest BCUT2D eigenvalue weighted by atomic mass is 10.1. The highest BCUT2D eigenvalue weighted by atomic mass is 19.1. The zero-order valence-electron chi connectivity index (χ0n) is 20.2. The monoisotopic (exact) mass is 474 g/mol. The number of nitrogens with one attached hydrogen (secondary N) is 1. The molecule has 35 heavy (non-hydrogen) atoms. The van der Waals surface area contributed by atoms with Gasteiger partial charge < -0.3 is 9.64 Å². The molecule has 0 spiro atoms. The molecule has 0 saturated carbocycles. The summed E-state index contributed by atoms with van der Waals surface area (Å²) in [6.45, 7) is 5.47. The van der Waals surface area contributed by atoms with Gasteiger partial charge in [0, 0.05) is 43.9 Å². The van der Waals surface area contributed by atoms with Crippen LogP contribution in [0.1, 0.15) is 28.4 Å². The first-order valence-electron chi connectivity index (χ1n) is 11.9. The van der Waals surface area contributed by atoms with Gasteiger partial charge in [-0.05, 0) is 54.4 Å². The van der Waals surface area contributed by atoms with Crippen molar-refractivity contribution in [2.45, 2.75) is 19.9 Å². The van der Waals surface area contributed by atoms with Crippen LogP contribution in [0.5, 0.6) is 5.75 Å². The van der Waals surface area contributed by atoms with Crippen molar-refractivity contribution in [1.29, 1.82) is 0 Å². The normalized spacial score (nSPS) is 14.6. The van der Waals surface area contributed by atoms with Crippen LogP contribution in [0.4, 0.5) is 10.1 Å². The number of methoxy groups -OCH3 is 1. The summed E-state index contributed by atoms with van der Waals surface area (Å²) >= 11 is 0. The fraction of sp³-hybridized carbons (Fsp3) is 0.286. The fourth-order valence-electron chi connectivity index (χ4n) is 4.05. The Hall–Kier alpha value is -3.71. The third-order valence-electron chi connectivity index (χ3n) is 6.15. The van der Waals surface area contributed by atoms with Gasteiger partial charge in [0.15, 0.2) is 0 Å². The van der Waals surface area contributed by atoms with E-state index >= 15 is 0 Å². The van der Waals surface area contributed by atoms with Crippen LogP contribution < -0.4 is 10.1 Å². The van der Waals surface area contributed by atoms with Crippen LogP contribution in [-0.2, 0) is 13.0 Å². The number of ether oxygens (including phenoxy) is 1. The molecule has 1 saturated heterocycles. The van der Waals surface area contributed by atoms with Crippen molar-refractivity contribution in [2.24, 2.45) is 4.99 Å². The summed E-state index contributed by atoms with van der Waals surface area (Å²) in [7, 11) is 1.59. The van der Waals surface area contributed by atoms with E-state index in [0.717, 1.165) is 25.2 Å². The Bertz CT molecular complexity index is 1170. The number of amides is 1. The van der Waals surface area contributed by atoms with Gasteiger partial charge in [-0.1, -0.05) is 37.3 Å². The first-order chi connectivity index (χ1) is 17.1. The van der Waals surface area contributed by atoms with Crippen molar-refractivity contribution in [3.8, 4) is 5.75 Å². The maximum atomic E-state index is 14.1. The van der Waals surface area contributed by atoms with E-state index in [-0.39, 0.29) is 11.7 Å². The van der Waals surface area contributed by atoms with Gasteiger partial charge >= 0.3 is 0 Å². The lowest BCUT2D eigenvalue weighted by molar-refractivity contribution is 0.0967. The van der Waals surface area contributed by atoms with Crippen molar-refractivity contribution in [2.75, 3.05) is 33.3 Å².